The molecule has 0 saturated carbocycles. The number of rotatable bonds is 12. The van der Waals surface area contributed by atoms with Crippen LogP contribution >= 0.6 is 48.0 Å². The summed E-state index contributed by atoms with van der Waals surface area (Å²) in [4.78, 5) is 54.2. The highest BCUT2D eigenvalue weighted by Gasteiger charge is 2.43. The van der Waals surface area contributed by atoms with E-state index in [4.69, 9.17) is 33.9 Å². The Morgan fingerprint density at radius 3 is 1.36 bits per heavy atom. The number of anilines is 2. The van der Waals surface area contributed by atoms with E-state index in [0.29, 0.717) is 33.2 Å². The third-order valence-corrected chi connectivity index (χ3v) is 9.23. The quantitative estimate of drug-likeness (QED) is 0.117. The normalized spacial score (nSPS) is 16.9. The average molecular weight is 643 g/mol. The molecule has 2 amide bonds. The van der Waals surface area contributed by atoms with Crippen molar-refractivity contribution in [3.8, 4) is 0 Å². The zero-order valence-electron chi connectivity index (χ0n) is 23.3. The molecule has 0 atom stereocenters. The van der Waals surface area contributed by atoms with Crippen LogP contribution in [-0.2, 0) is 41.5 Å². The molecule has 12 heteroatoms. The molecule has 0 aromatic heterocycles. The molecular weight excluding hydrogens is 613 g/mol. The number of hydrogen-bond acceptors (Lipinski definition) is 10. The fourth-order valence-electron chi connectivity index (χ4n) is 4.08. The smallest absolute Gasteiger partial charge is 0.310 e. The van der Waals surface area contributed by atoms with Crippen LogP contribution in [0.2, 0.25) is 0 Å². The number of amides is 2. The number of hydrogen-bond donors (Lipinski definition) is 0. The van der Waals surface area contributed by atoms with Gasteiger partial charge in [0.1, 0.15) is 0 Å². The van der Waals surface area contributed by atoms with Gasteiger partial charge in [-0.15, -0.1) is 0 Å². The summed E-state index contributed by atoms with van der Waals surface area (Å²) in [6.07, 6.45) is 3.80. The molecule has 2 fully saturated rings. The lowest BCUT2D eigenvalue weighted by Crippen LogP contribution is -2.29. The van der Waals surface area contributed by atoms with E-state index in [2.05, 4.69) is 0 Å². The predicted octanol–water partition coefficient (Wildman–Crippen LogP) is 6.10. The van der Waals surface area contributed by atoms with Gasteiger partial charge >= 0.3 is 11.9 Å². The molecule has 2 heterocycles. The van der Waals surface area contributed by atoms with E-state index in [1.807, 2.05) is 13.8 Å². The van der Waals surface area contributed by atoms with E-state index >= 15 is 0 Å². The Morgan fingerprint density at radius 2 is 1.02 bits per heavy atom. The number of carbonyl (C=O) groups excluding carboxylic acids is 4. The van der Waals surface area contributed by atoms with Crippen molar-refractivity contribution < 1.29 is 28.7 Å². The van der Waals surface area contributed by atoms with E-state index in [0.717, 1.165) is 60.3 Å². The third-order valence-electron chi connectivity index (χ3n) is 6.35. The summed E-state index contributed by atoms with van der Waals surface area (Å²) in [6, 6.07) is 13.9. The molecule has 220 valence electrons. The molecule has 42 heavy (non-hydrogen) atoms. The van der Waals surface area contributed by atoms with E-state index in [1.165, 1.54) is 9.80 Å². The number of carbonyl (C=O) groups is 4. The molecule has 2 aromatic carbocycles. The van der Waals surface area contributed by atoms with Crippen molar-refractivity contribution in [3.05, 3.63) is 69.5 Å². The van der Waals surface area contributed by atoms with E-state index in [1.54, 1.807) is 48.5 Å². The Morgan fingerprint density at radius 1 is 0.667 bits per heavy atom. The Hall–Kier alpha value is -3.06. The van der Waals surface area contributed by atoms with Crippen LogP contribution in [0.4, 0.5) is 11.4 Å². The van der Waals surface area contributed by atoms with Crippen LogP contribution in [-0.4, -0.2) is 45.6 Å². The minimum absolute atomic E-state index is 0.134. The Kier molecular flexibility index (Phi) is 11.3. The molecule has 0 unspecified atom stereocenters. The van der Waals surface area contributed by atoms with Crippen LogP contribution in [0.25, 0.3) is 0 Å². The topological polar surface area (TPSA) is 93.2 Å². The van der Waals surface area contributed by atoms with E-state index in [-0.39, 0.29) is 34.6 Å². The lowest BCUT2D eigenvalue weighted by Gasteiger charge is -2.15. The summed E-state index contributed by atoms with van der Waals surface area (Å²) < 4.78 is 11.0. The number of thioether (sulfide) groups is 2. The molecule has 2 aromatic rings. The monoisotopic (exact) mass is 642 g/mol. The second-order valence-electron chi connectivity index (χ2n) is 9.51. The first-order valence-corrected chi connectivity index (χ1v) is 16.0. The number of ether oxygens (including phenoxy) is 2. The molecule has 2 aliphatic heterocycles. The molecule has 0 aliphatic carbocycles. The highest BCUT2D eigenvalue weighted by atomic mass is 32.2. The summed E-state index contributed by atoms with van der Waals surface area (Å²) in [5.74, 6) is -1.42. The minimum Gasteiger partial charge on any atom is -0.465 e. The summed E-state index contributed by atoms with van der Waals surface area (Å²) >= 11 is 13.1. The van der Waals surface area contributed by atoms with Crippen LogP contribution in [0.15, 0.2) is 58.3 Å². The summed E-state index contributed by atoms with van der Waals surface area (Å²) in [7, 11) is 0. The Bertz CT molecular complexity index is 1310. The first-order valence-electron chi connectivity index (χ1n) is 13.6. The summed E-state index contributed by atoms with van der Waals surface area (Å²) in [6.45, 7) is 4.85. The van der Waals surface area contributed by atoms with E-state index < -0.39 is 11.8 Å². The van der Waals surface area contributed by atoms with Crippen molar-refractivity contribution in [2.75, 3.05) is 23.0 Å². The first kappa shape index (κ1) is 31.9. The van der Waals surface area contributed by atoms with Crippen molar-refractivity contribution in [2.24, 2.45) is 0 Å². The molecule has 4 rings (SSSR count). The fraction of sp³-hybridized carbons (Fsp3) is 0.333. The third kappa shape index (κ3) is 7.66. The summed E-state index contributed by atoms with van der Waals surface area (Å²) in [5.41, 5.74) is 2.58. The molecule has 8 nitrogen and oxygen atoms in total. The molecule has 2 aliphatic rings. The number of nitrogens with zero attached hydrogens (tertiary/aromatic N) is 2. The largest absolute Gasteiger partial charge is 0.465 e. The zero-order chi connectivity index (χ0) is 30.2. The van der Waals surface area contributed by atoms with Gasteiger partial charge in [-0.05, 0) is 48.2 Å². The number of thiocarbonyl (C=S) groups is 2. The Balaban J connectivity index is 1.44. The first-order chi connectivity index (χ1) is 20.2. The summed E-state index contributed by atoms with van der Waals surface area (Å²) in [5, 5.41) is 0. The molecule has 0 spiro atoms. The van der Waals surface area contributed by atoms with Crippen LogP contribution in [0.5, 0.6) is 0 Å². The molecule has 0 radical (unpaired) electrons. The van der Waals surface area contributed by atoms with Crippen molar-refractivity contribution in [1.82, 2.24) is 0 Å². The second kappa shape index (κ2) is 14.9. The van der Waals surface area contributed by atoms with Gasteiger partial charge in [-0.1, -0.05) is 98.9 Å². The van der Waals surface area contributed by atoms with Crippen LogP contribution in [0, 0.1) is 0 Å². The van der Waals surface area contributed by atoms with Crippen molar-refractivity contribution in [1.29, 1.82) is 0 Å². The lowest BCUT2D eigenvalue weighted by atomic mass is 10.1. The van der Waals surface area contributed by atoms with Gasteiger partial charge in [0.15, 0.2) is 8.64 Å². The number of benzene rings is 2. The zero-order valence-corrected chi connectivity index (χ0v) is 26.5. The molecule has 0 N–H and O–H groups in total. The van der Waals surface area contributed by atoms with Crippen molar-refractivity contribution in [2.45, 2.75) is 52.4 Å². The van der Waals surface area contributed by atoms with Crippen LogP contribution in [0.1, 0.15) is 50.7 Å². The maximum atomic E-state index is 13.5. The lowest BCUT2D eigenvalue weighted by molar-refractivity contribution is -0.143. The van der Waals surface area contributed by atoms with E-state index in [9.17, 15) is 19.2 Å². The van der Waals surface area contributed by atoms with Crippen LogP contribution < -0.4 is 9.80 Å². The maximum absolute atomic E-state index is 13.5. The van der Waals surface area contributed by atoms with Gasteiger partial charge in [-0.25, -0.2) is 0 Å². The maximum Gasteiger partial charge on any atom is 0.310 e. The van der Waals surface area contributed by atoms with Gasteiger partial charge in [-0.2, -0.15) is 0 Å². The van der Waals surface area contributed by atoms with Crippen LogP contribution in [0.3, 0.4) is 0 Å². The average Bonchev–Trinajstić information content (AvgIpc) is 3.43. The second-order valence-corrected chi connectivity index (χ2v) is 12.8. The highest BCUT2D eigenvalue weighted by Crippen LogP contribution is 2.44. The van der Waals surface area contributed by atoms with Gasteiger partial charge < -0.3 is 9.47 Å². The van der Waals surface area contributed by atoms with Gasteiger partial charge in [0.2, 0.25) is 0 Å². The number of unbranched alkanes of at least 4 members (excludes halogenated alkanes) is 2. The predicted molar refractivity (Wildman–Crippen MR) is 174 cm³/mol. The number of esters is 2. The highest BCUT2D eigenvalue weighted by molar-refractivity contribution is 8.30. The Labute approximate surface area is 264 Å². The SMILES string of the molecule is CCCCOC(=O)Cc1ccc(N2C(=O)C(=C3SC(=S)N(c4ccc(CC(=O)OCCCC)cc4)C3=O)SC2=S)cc1. The van der Waals surface area contributed by atoms with Gasteiger partial charge in [0.05, 0.1) is 47.2 Å². The molecule has 2 saturated heterocycles. The van der Waals surface area contributed by atoms with Gasteiger partial charge in [0.25, 0.3) is 11.8 Å². The molecular formula is C30H30N2O6S4. The van der Waals surface area contributed by atoms with Gasteiger partial charge in [0, 0.05) is 0 Å². The standard InChI is InChI=1S/C30H30N2O6S4/c1-3-5-15-37-23(33)17-19-7-11-21(12-8-19)31-27(35)25(41-29(31)39)26-28(36)32(30(40)42-26)22-13-9-20(10-14-22)18-24(34)38-16-6-4-2/h7-14H,3-6,15-18H2,1-2H3. The van der Waals surface area contributed by atoms with Gasteiger partial charge in [-0.3, -0.25) is 29.0 Å². The minimum atomic E-state index is -0.408. The fourth-order valence-corrected chi connectivity index (χ4v) is 6.83. The molecule has 0 bridgehead atoms. The van der Waals surface area contributed by atoms with Crippen molar-refractivity contribution >= 4 is 91.7 Å². The van der Waals surface area contributed by atoms with Crippen molar-refractivity contribution in [3.63, 3.8) is 0 Å².